The molecule has 0 fully saturated rings. The number of imidazole rings is 1. The Morgan fingerprint density at radius 1 is 1.11 bits per heavy atom. The van der Waals surface area contributed by atoms with E-state index in [0.717, 1.165) is 45.5 Å². The van der Waals surface area contributed by atoms with Crippen molar-refractivity contribution < 1.29 is 9.21 Å². The lowest BCUT2D eigenvalue weighted by atomic mass is 10.0. The third-order valence-corrected chi connectivity index (χ3v) is 6.29. The lowest BCUT2D eigenvalue weighted by Gasteiger charge is -2.07. The van der Waals surface area contributed by atoms with Crippen molar-refractivity contribution in [2.75, 3.05) is 0 Å². The third kappa shape index (κ3) is 3.84. The Labute approximate surface area is 206 Å². The van der Waals surface area contributed by atoms with Gasteiger partial charge in [-0.3, -0.25) is 18.9 Å². The zero-order chi connectivity index (χ0) is 24.6. The first kappa shape index (κ1) is 21.8. The molecule has 0 aliphatic rings. The number of hydrogen-bond acceptors (Lipinski definition) is 7. The van der Waals surface area contributed by atoms with Crippen molar-refractivity contribution in [1.82, 2.24) is 34.3 Å². The standard InChI is InChI=1S/C27H23N7O2/c1-3-21-26-18(7-5-9-22(26)34(32-21)15-20-8-4-6-17(2)30-20)12-24(35)23-14-28-25-13-19(10-11-33(23)25)27-31-29-16-36-27/h4-11,13-14,16H,3,12,15H2,1-2H3. The predicted molar refractivity (Wildman–Crippen MR) is 134 cm³/mol. The van der Waals surface area contributed by atoms with E-state index in [2.05, 4.69) is 33.2 Å². The average molecular weight is 478 g/mol. The van der Waals surface area contributed by atoms with Gasteiger partial charge in [-0.05, 0) is 49.2 Å². The topological polar surface area (TPSA) is 104 Å². The summed E-state index contributed by atoms with van der Waals surface area (Å²) >= 11 is 0. The molecule has 9 nitrogen and oxygen atoms in total. The van der Waals surface area contributed by atoms with Crippen molar-refractivity contribution in [3.63, 3.8) is 0 Å². The molecular formula is C27H23N7O2. The highest BCUT2D eigenvalue weighted by Crippen LogP contribution is 2.26. The van der Waals surface area contributed by atoms with Gasteiger partial charge in [-0.1, -0.05) is 25.1 Å². The van der Waals surface area contributed by atoms with Crippen LogP contribution in [0.3, 0.4) is 0 Å². The molecule has 1 aromatic carbocycles. The minimum atomic E-state index is -0.0179. The lowest BCUT2D eigenvalue weighted by Crippen LogP contribution is -2.07. The van der Waals surface area contributed by atoms with Gasteiger partial charge in [0, 0.05) is 29.3 Å². The molecule has 0 saturated heterocycles. The SMILES string of the molecule is CCc1nn(Cc2cccc(C)n2)c2cccc(CC(=O)c3cnc4cc(-c5nnco5)ccn34)c12. The van der Waals surface area contributed by atoms with Crippen LogP contribution in [0.25, 0.3) is 28.0 Å². The molecule has 5 aromatic heterocycles. The molecule has 0 radical (unpaired) electrons. The van der Waals surface area contributed by atoms with Crippen LogP contribution in [-0.4, -0.2) is 40.1 Å². The molecular weight excluding hydrogens is 454 g/mol. The highest BCUT2D eigenvalue weighted by atomic mass is 16.4. The van der Waals surface area contributed by atoms with E-state index in [1.165, 1.54) is 6.39 Å². The number of aryl methyl sites for hydroxylation is 2. The Bertz CT molecular complexity index is 1710. The van der Waals surface area contributed by atoms with Crippen LogP contribution in [0.15, 0.2) is 71.7 Å². The van der Waals surface area contributed by atoms with Crippen LogP contribution >= 0.6 is 0 Å². The van der Waals surface area contributed by atoms with E-state index >= 15 is 0 Å². The zero-order valence-electron chi connectivity index (χ0n) is 19.9. The number of nitrogens with zero attached hydrogens (tertiary/aromatic N) is 7. The second-order valence-corrected chi connectivity index (χ2v) is 8.67. The molecule has 6 aromatic rings. The van der Waals surface area contributed by atoms with Crippen molar-refractivity contribution in [2.45, 2.75) is 33.2 Å². The maximum Gasteiger partial charge on any atom is 0.247 e. The summed E-state index contributed by atoms with van der Waals surface area (Å²) in [6, 6.07) is 15.7. The molecule has 0 bridgehead atoms. The Kier molecular flexibility index (Phi) is 5.37. The van der Waals surface area contributed by atoms with E-state index in [4.69, 9.17) is 9.52 Å². The number of aromatic nitrogens is 7. The molecule has 36 heavy (non-hydrogen) atoms. The number of hydrogen-bond donors (Lipinski definition) is 0. The molecule has 6 rings (SSSR count). The fraction of sp³-hybridized carbons (Fsp3) is 0.185. The predicted octanol–water partition coefficient (Wildman–Crippen LogP) is 4.47. The number of benzene rings is 1. The third-order valence-electron chi connectivity index (χ3n) is 6.29. The summed E-state index contributed by atoms with van der Waals surface area (Å²) in [5, 5.41) is 13.6. The largest absolute Gasteiger partial charge is 0.423 e. The van der Waals surface area contributed by atoms with Gasteiger partial charge in [0.1, 0.15) is 11.3 Å². The van der Waals surface area contributed by atoms with Crippen LogP contribution in [0.4, 0.5) is 0 Å². The van der Waals surface area contributed by atoms with Crippen molar-refractivity contribution in [2.24, 2.45) is 0 Å². The van der Waals surface area contributed by atoms with E-state index in [-0.39, 0.29) is 12.2 Å². The number of Topliss-reactive ketones (excluding diaryl/α,β-unsaturated/α-hetero) is 1. The number of rotatable bonds is 7. The van der Waals surface area contributed by atoms with Crippen molar-refractivity contribution >= 4 is 22.3 Å². The number of carbonyl (C=O) groups is 1. The monoisotopic (exact) mass is 477 g/mol. The van der Waals surface area contributed by atoms with Gasteiger partial charge in [-0.2, -0.15) is 5.10 Å². The van der Waals surface area contributed by atoms with E-state index in [1.807, 2.05) is 54.1 Å². The minimum Gasteiger partial charge on any atom is -0.423 e. The fourth-order valence-corrected chi connectivity index (χ4v) is 4.62. The Morgan fingerprint density at radius 3 is 2.81 bits per heavy atom. The summed E-state index contributed by atoms with van der Waals surface area (Å²) in [5.74, 6) is 0.390. The second-order valence-electron chi connectivity index (χ2n) is 8.67. The van der Waals surface area contributed by atoms with E-state index in [0.29, 0.717) is 23.8 Å². The van der Waals surface area contributed by atoms with Gasteiger partial charge in [0.2, 0.25) is 12.3 Å². The lowest BCUT2D eigenvalue weighted by molar-refractivity contribution is 0.0987. The van der Waals surface area contributed by atoms with Gasteiger partial charge in [-0.25, -0.2) is 4.98 Å². The number of carbonyl (C=O) groups excluding carboxylic acids is 1. The summed E-state index contributed by atoms with van der Waals surface area (Å²) in [4.78, 5) is 22.5. The van der Waals surface area contributed by atoms with Crippen molar-refractivity contribution in [3.8, 4) is 11.5 Å². The van der Waals surface area contributed by atoms with Gasteiger partial charge in [0.05, 0.1) is 29.6 Å². The van der Waals surface area contributed by atoms with Gasteiger partial charge >= 0.3 is 0 Å². The molecule has 5 heterocycles. The molecule has 0 aliphatic heterocycles. The summed E-state index contributed by atoms with van der Waals surface area (Å²) < 4.78 is 9.04. The first-order valence-corrected chi connectivity index (χ1v) is 11.8. The summed E-state index contributed by atoms with van der Waals surface area (Å²) in [6.07, 6.45) is 5.72. The fourth-order valence-electron chi connectivity index (χ4n) is 4.62. The van der Waals surface area contributed by atoms with Gasteiger partial charge in [0.15, 0.2) is 5.78 Å². The molecule has 0 atom stereocenters. The van der Waals surface area contributed by atoms with Gasteiger partial charge < -0.3 is 4.42 Å². The highest BCUT2D eigenvalue weighted by molar-refractivity contribution is 5.99. The smallest absolute Gasteiger partial charge is 0.247 e. The molecule has 0 spiro atoms. The summed E-state index contributed by atoms with van der Waals surface area (Å²) in [7, 11) is 0. The van der Waals surface area contributed by atoms with Crippen LogP contribution < -0.4 is 0 Å². The first-order chi connectivity index (χ1) is 17.6. The van der Waals surface area contributed by atoms with Gasteiger partial charge in [0.25, 0.3) is 0 Å². The van der Waals surface area contributed by atoms with Crippen molar-refractivity contribution in [1.29, 1.82) is 0 Å². The molecule has 0 amide bonds. The van der Waals surface area contributed by atoms with Crippen LogP contribution in [0.2, 0.25) is 0 Å². The molecule has 178 valence electrons. The van der Waals surface area contributed by atoms with Crippen LogP contribution in [0, 0.1) is 6.92 Å². The molecule has 0 aliphatic carbocycles. The quantitative estimate of drug-likeness (QED) is 0.312. The normalized spacial score (nSPS) is 11.5. The van der Waals surface area contributed by atoms with Crippen LogP contribution in [-0.2, 0) is 19.4 Å². The maximum absolute atomic E-state index is 13.4. The number of ketones is 1. The highest BCUT2D eigenvalue weighted by Gasteiger charge is 2.19. The molecule has 0 saturated carbocycles. The minimum absolute atomic E-state index is 0.0179. The Balaban J connectivity index is 1.34. The molecule has 9 heteroatoms. The average Bonchev–Trinajstić information content (AvgIpc) is 3.63. The van der Waals surface area contributed by atoms with E-state index < -0.39 is 0 Å². The molecule has 0 N–H and O–H groups in total. The molecule has 0 unspecified atom stereocenters. The Morgan fingerprint density at radius 2 is 2.00 bits per heavy atom. The summed E-state index contributed by atoms with van der Waals surface area (Å²) in [6.45, 7) is 4.64. The maximum atomic E-state index is 13.4. The van der Waals surface area contributed by atoms with Gasteiger partial charge in [-0.15, -0.1) is 10.2 Å². The van der Waals surface area contributed by atoms with Crippen LogP contribution in [0.1, 0.15) is 40.1 Å². The number of fused-ring (bicyclic) bond motifs is 2. The second kappa shape index (κ2) is 8.84. The summed E-state index contributed by atoms with van der Waals surface area (Å²) in [5.41, 5.74) is 6.77. The van der Waals surface area contributed by atoms with Crippen LogP contribution in [0.5, 0.6) is 0 Å². The zero-order valence-corrected chi connectivity index (χ0v) is 19.9. The van der Waals surface area contributed by atoms with E-state index in [1.54, 1.807) is 16.8 Å². The van der Waals surface area contributed by atoms with E-state index in [9.17, 15) is 4.79 Å². The number of pyridine rings is 2. The van der Waals surface area contributed by atoms with Crippen molar-refractivity contribution in [3.05, 3.63) is 95.7 Å². The Hall–Kier alpha value is -4.66. The first-order valence-electron chi connectivity index (χ1n) is 11.8.